The van der Waals surface area contributed by atoms with E-state index < -0.39 is 0 Å². The van der Waals surface area contributed by atoms with Gasteiger partial charge in [-0.15, -0.1) is 11.3 Å². The van der Waals surface area contributed by atoms with E-state index in [9.17, 15) is 4.79 Å². The zero-order chi connectivity index (χ0) is 19.0. The Morgan fingerprint density at radius 2 is 2.00 bits per heavy atom. The number of hydrogen-bond acceptors (Lipinski definition) is 5. The first-order chi connectivity index (χ1) is 13.7. The number of amides is 1. The van der Waals surface area contributed by atoms with Crippen LogP contribution in [0.2, 0.25) is 0 Å². The van der Waals surface area contributed by atoms with Crippen LogP contribution in [0, 0.1) is 0 Å². The summed E-state index contributed by atoms with van der Waals surface area (Å²) in [6.07, 6.45) is 9.08. The molecule has 2 aromatic rings. The molecule has 1 amide bonds. The van der Waals surface area contributed by atoms with Gasteiger partial charge in [0.15, 0.2) is 0 Å². The van der Waals surface area contributed by atoms with Gasteiger partial charge in [-0.05, 0) is 43.4 Å². The Morgan fingerprint density at radius 1 is 1.18 bits per heavy atom. The van der Waals surface area contributed by atoms with Crippen molar-refractivity contribution in [2.24, 2.45) is 0 Å². The number of rotatable bonds is 4. The second-order valence-electron chi connectivity index (χ2n) is 8.15. The van der Waals surface area contributed by atoms with Gasteiger partial charge in [-0.3, -0.25) is 9.48 Å². The molecule has 0 aromatic carbocycles. The third-order valence-corrected chi connectivity index (χ3v) is 7.66. The van der Waals surface area contributed by atoms with E-state index in [4.69, 9.17) is 4.74 Å². The maximum Gasteiger partial charge on any atom is 0.263 e. The summed E-state index contributed by atoms with van der Waals surface area (Å²) in [4.78, 5) is 19.7. The van der Waals surface area contributed by atoms with Crippen LogP contribution in [0.25, 0.3) is 0 Å². The van der Waals surface area contributed by atoms with Crippen molar-refractivity contribution in [1.29, 1.82) is 0 Å². The van der Waals surface area contributed by atoms with Gasteiger partial charge in [-0.2, -0.15) is 5.10 Å². The number of aromatic nitrogens is 2. The van der Waals surface area contributed by atoms with Crippen LogP contribution in [0.1, 0.15) is 45.8 Å². The van der Waals surface area contributed by atoms with Crippen molar-refractivity contribution in [1.82, 2.24) is 19.6 Å². The average Bonchev–Trinajstić information content (AvgIpc) is 3.49. The third-order valence-electron chi connectivity index (χ3n) is 6.48. The number of thiophene rings is 1. The molecule has 6 nitrogen and oxygen atoms in total. The van der Waals surface area contributed by atoms with Crippen LogP contribution in [-0.2, 0) is 23.3 Å². The number of likely N-dealkylation sites (tertiary alicyclic amines) is 2. The molecule has 1 spiro atoms. The number of carbonyl (C=O) groups is 1. The van der Waals surface area contributed by atoms with Gasteiger partial charge in [-0.1, -0.05) is 0 Å². The van der Waals surface area contributed by atoms with Crippen molar-refractivity contribution in [2.45, 2.75) is 44.2 Å². The summed E-state index contributed by atoms with van der Waals surface area (Å²) < 4.78 is 8.38. The Hall–Kier alpha value is -1.70. The molecule has 3 aliphatic rings. The highest BCUT2D eigenvalue weighted by Crippen LogP contribution is 2.44. The highest BCUT2D eigenvalue weighted by Gasteiger charge is 2.42. The maximum absolute atomic E-state index is 12.9. The summed E-state index contributed by atoms with van der Waals surface area (Å²) in [5.74, 6) is 0.226. The fourth-order valence-electron chi connectivity index (χ4n) is 4.83. The molecule has 28 heavy (non-hydrogen) atoms. The van der Waals surface area contributed by atoms with E-state index in [-0.39, 0.29) is 11.5 Å². The molecule has 0 bridgehead atoms. The van der Waals surface area contributed by atoms with E-state index in [0.717, 1.165) is 82.9 Å². The lowest BCUT2D eigenvalue weighted by Gasteiger charge is -2.44. The van der Waals surface area contributed by atoms with Crippen molar-refractivity contribution < 1.29 is 9.53 Å². The molecule has 150 valence electrons. The number of fused-ring (bicyclic) bond motifs is 2. The fourth-order valence-corrected chi connectivity index (χ4v) is 6.03. The van der Waals surface area contributed by atoms with Gasteiger partial charge >= 0.3 is 0 Å². The van der Waals surface area contributed by atoms with Crippen LogP contribution in [-0.4, -0.2) is 64.8 Å². The SMILES string of the molecule is O=C(c1cc2c(s1)CCOC21CCN(CCn2cccn2)CC1)N1CCCC1. The average molecular weight is 401 g/mol. The monoisotopic (exact) mass is 400 g/mol. The number of carbonyl (C=O) groups excluding carboxylic acids is 1. The van der Waals surface area contributed by atoms with Crippen LogP contribution in [0.5, 0.6) is 0 Å². The summed E-state index contributed by atoms with van der Waals surface area (Å²) in [7, 11) is 0. The van der Waals surface area contributed by atoms with Gasteiger partial charge in [0, 0.05) is 56.4 Å². The van der Waals surface area contributed by atoms with Crippen LogP contribution in [0.3, 0.4) is 0 Å². The van der Waals surface area contributed by atoms with E-state index in [1.807, 2.05) is 28.0 Å². The summed E-state index contributed by atoms with van der Waals surface area (Å²) >= 11 is 1.71. The zero-order valence-electron chi connectivity index (χ0n) is 16.3. The third kappa shape index (κ3) is 3.40. The first-order valence-corrected chi connectivity index (χ1v) is 11.3. The Kier molecular flexibility index (Phi) is 4.99. The van der Waals surface area contributed by atoms with Gasteiger partial charge in [0.05, 0.1) is 23.6 Å². The summed E-state index contributed by atoms with van der Waals surface area (Å²) in [5.41, 5.74) is 1.12. The molecule has 5 heterocycles. The van der Waals surface area contributed by atoms with E-state index >= 15 is 0 Å². The molecule has 3 aliphatic heterocycles. The van der Waals surface area contributed by atoms with Crippen LogP contribution in [0.15, 0.2) is 24.5 Å². The van der Waals surface area contributed by atoms with Gasteiger partial charge < -0.3 is 14.5 Å². The summed E-state index contributed by atoms with van der Waals surface area (Å²) in [6, 6.07) is 4.14. The molecule has 0 unspecified atom stereocenters. The molecule has 2 fully saturated rings. The quantitative estimate of drug-likeness (QED) is 0.792. The Labute approximate surface area is 170 Å². The van der Waals surface area contributed by atoms with E-state index in [1.165, 1.54) is 10.4 Å². The molecule has 0 atom stereocenters. The van der Waals surface area contributed by atoms with Crippen LogP contribution >= 0.6 is 11.3 Å². The Balaban J connectivity index is 1.27. The molecule has 7 heteroatoms. The summed E-state index contributed by atoms with van der Waals surface area (Å²) in [6.45, 7) is 6.62. The minimum Gasteiger partial charge on any atom is -0.370 e. The molecule has 0 radical (unpaired) electrons. The first kappa shape index (κ1) is 18.3. The molecule has 2 saturated heterocycles. The highest BCUT2D eigenvalue weighted by molar-refractivity contribution is 7.14. The summed E-state index contributed by atoms with van der Waals surface area (Å²) in [5, 5.41) is 4.30. The Bertz CT molecular complexity index is 818. The minimum absolute atomic E-state index is 0.185. The predicted octanol–water partition coefficient (Wildman–Crippen LogP) is 2.74. The van der Waals surface area contributed by atoms with Crippen LogP contribution in [0.4, 0.5) is 0 Å². The van der Waals surface area contributed by atoms with Crippen molar-refractivity contribution >= 4 is 17.2 Å². The van der Waals surface area contributed by atoms with Crippen LogP contribution < -0.4 is 0 Å². The number of ether oxygens (including phenoxy) is 1. The first-order valence-electron chi connectivity index (χ1n) is 10.5. The van der Waals surface area contributed by atoms with E-state index in [1.54, 1.807) is 11.3 Å². The van der Waals surface area contributed by atoms with E-state index in [0.29, 0.717) is 0 Å². The van der Waals surface area contributed by atoms with Crippen molar-refractivity contribution in [3.8, 4) is 0 Å². The maximum atomic E-state index is 12.9. The molecular weight excluding hydrogens is 372 g/mol. The molecule has 0 saturated carbocycles. The minimum atomic E-state index is -0.185. The highest BCUT2D eigenvalue weighted by atomic mass is 32.1. The lowest BCUT2D eigenvalue weighted by molar-refractivity contribution is -0.0973. The van der Waals surface area contributed by atoms with E-state index in [2.05, 4.69) is 16.1 Å². The van der Waals surface area contributed by atoms with Crippen molar-refractivity contribution in [3.05, 3.63) is 39.8 Å². The number of hydrogen-bond donors (Lipinski definition) is 0. The largest absolute Gasteiger partial charge is 0.370 e. The molecule has 2 aromatic heterocycles. The van der Waals surface area contributed by atoms with Gasteiger partial charge in [0.25, 0.3) is 5.91 Å². The molecular formula is C21H28N4O2S. The molecule has 5 rings (SSSR count). The smallest absolute Gasteiger partial charge is 0.263 e. The predicted molar refractivity (Wildman–Crippen MR) is 109 cm³/mol. The Morgan fingerprint density at radius 3 is 2.75 bits per heavy atom. The fraction of sp³-hybridized carbons (Fsp3) is 0.619. The second-order valence-corrected chi connectivity index (χ2v) is 9.29. The van der Waals surface area contributed by atoms with Gasteiger partial charge in [-0.25, -0.2) is 0 Å². The topological polar surface area (TPSA) is 50.6 Å². The normalized spacial score (nSPS) is 21.9. The molecule has 0 aliphatic carbocycles. The second kappa shape index (κ2) is 7.61. The van der Waals surface area contributed by atoms with Gasteiger partial charge in [0.2, 0.25) is 0 Å². The van der Waals surface area contributed by atoms with Crippen molar-refractivity contribution in [3.63, 3.8) is 0 Å². The molecule has 0 N–H and O–H groups in total. The van der Waals surface area contributed by atoms with Gasteiger partial charge in [0.1, 0.15) is 0 Å². The number of nitrogens with zero attached hydrogens (tertiary/aromatic N) is 4. The number of piperidine rings is 1. The lowest BCUT2D eigenvalue weighted by Crippen LogP contribution is -2.46. The lowest BCUT2D eigenvalue weighted by atomic mass is 9.82. The van der Waals surface area contributed by atoms with Crippen molar-refractivity contribution in [2.75, 3.05) is 39.3 Å². The standard InChI is InChI=1S/C21H28N4O2S/c26-20(24-8-1-2-9-24)19-16-17-18(28-19)4-15-27-21(17)5-11-23(12-6-21)13-14-25-10-3-7-22-25/h3,7,10,16H,1-2,4-6,8-9,11-15H2. The zero-order valence-corrected chi connectivity index (χ0v) is 17.1.